The van der Waals surface area contributed by atoms with E-state index < -0.39 is 0 Å². The summed E-state index contributed by atoms with van der Waals surface area (Å²) in [6, 6.07) is 3.99. The first kappa shape index (κ1) is 11.1. The maximum atomic E-state index is 11.9. The molecular weight excluding hydrogens is 232 g/mol. The molecule has 0 saturated heterocycles. The van der Waals surface area contributed by atoms with Gasteiger partial charge in [0.1, 0.15) is 11.3 Å². The maximum Gasteiger partial charge on any atom is 0.342 e. The van der Waals surface area contributed by atoms with Crippen molar-refractivity contribution in [1.29, 1.82) is 0 Å². The van der Waals surface area contributed by atoms with Crippen LogP contribution in [-0.4, -0.2) is 22.4 Å². The quantitative estimate of drug-likeness (QED) is 0.778. The Balaban J connectivity index is 2.01. The number of ether oxygens (including phenoxy) is 1. The Labute approximate surface area is 104 Å². The van der Waals surface area contributed by atoms with E-state index in [2.05, 4.69) is 5.10 Å². The standard InChI is InChI=1S/C13H14N2O3/c1-2-17-13(16)10-8-15(9-5-6-9)14-12(10)11-4-3-7-18-11/h3-4,7-9H,2,5-6H2,1H3. The largest absolute Gasteiger partial charge is 0.463 e. The van der Waals surface area contributed by atoms with Gasteiger partial charge < -0.3 is 9.15 Å². The summed E-state index contributed by atoms with van der Waals surface area (Å²) in [5, 5.41) is 4.44. The molecule has 2 aromatic rings. The van der Waals surface area contributed by atoms with Crippen LogP contribution >= 0.6 is 0 Å². The summed E-state index contributed by atoms with van der Waals surface area (Å²) in [6.07, 6.45) is 5.55. The fraction of sp³-hybridized carbons (Fsp3) is 0.385. The third-order valence-corrected chi connectivity index (χ3v) is 2.90. The van der Waals surface area contributed by atoms with Crippen molar-refractivity contribution in [3.8, 4) is 11.5 Å². The molecule has 0 unspecified atom stereocenters. The molecule has 0 amide bonds. The summed E-state index contributed by atoms with van der Waals surface area (Å²) in [4.78, 5) is 11.9. The molecule has 1 aliphatic rings. The average molecular weight is 246 g/mol. The third-order valence-electron chi connectivity index (χ3n) is 2.90. The Morgan fingerprint density at radius 3 is 3.06 bits per heavy atom. The number of carbonyl (C=O) groups excluding carboxylic acids is 1. The van der Waals surface area contributed by atoms with Crippen LogP contribution in [0.4, 0.5) is 0 Å². The highest BCUT2D eigenvalue weighted by Crippen LogP contribution is 2.36. The molecule has 5 nitrogen and oxygen atoms in total. The lowest BCUT2D eigenvalue weighted by Gasteiger charge is -1.99. The van der Waals surface area contributed by atoms with Gasteiger partial charge in [-0.05, 0) is 31.9 Å². The number of carbonyl (C=O) groups is 1. The molecule has 1 fully saturated rings. The maximum absolute atomic E-state index is 11.9. The van der Waals surface area contributed by atoms with E-state index in [0.29, 0.717) is 29.7 Å². The third kappa shape index (κ3) is 1.92. The second-order valence-corrected chi connectivity index (χ2v) is 4.30. The number of hydrogen-bond donors (Lipinski definition) is 0. The van der Waals surface area contributed by atoms with Crippen molar-refractivity contribution in [2.75, 3.05) is 6.61 Å². The Morgan fingerprint density at radius 2 is 2.44 bits per heavy atom. The van der Waals surface area contributed by atoms with Crippen LogP contribution in [0.1, 0.15) is 36.2 Å². The van der Waals surface area contributed by atoms with E-state index in [9.17, 15) is 4.79 Å². The van der Waals surface area contributed by atoms with E-state index in [1.54, 1.807) is 31.5 Å². The summed E-state index contributed by atoms with van der Waals surface area (Å²) in [6.45, 7) is 2.14. The number of rotatable bonds is 4. The average Bonchev–Trinajstić information content (AvgIpc) is 2.93. The number of hydrogen-bond acceptors (Lipinski definition) is 4. The first-order valence-electron chi connectivity index (χ1n) is 6.09. The van der Waals surface area contributed by atoms with Crippen molar-refractivity contribution in [2.45, 2.75) is 25.8 Å². The summed E-state index contributed by atoms with van der Waals surface area (Å²) in [5.74, 6) is 0.244. The summed E-state index contributed by atoms with van der Waals surface area (Å²) in [5.41, 5.74) is 1.03. The molecular formula is C13H14N2O3. The minimum absolute atomic E-state index is 0.351. The highest BCUT2D eigenvalue weighted by molar-refractivity contribution is 5.95. The van der Waals surface area contributed by atoms with Crippen LogP contribution in [-0.2, 0) is 4.74 Å². The van der Waals surface area contributed by atoms with Gasteiger partial charge in [-0.15, -0.1) is 0 Å². The Hall–Kier alpha value is -2.04. The Bertz CT molecular complexity index is 553. The lowest BCUT2D eigenvalue weighted by Crippen LogP contribution is -2.04. The molecule has 1 aliphatic carbocycles. The molecule has 5 heteroatoms. The van der Waals surface area contributed by atoms with Gasteiger partial charge in [0.15, 0.2) is 5.76 Å². The van der Waals surface area contributed by atoms with Gasteiger partial charge in [0.2, 0.25) is 0 Å². The van der Waals surface area contributed by atoms with Crippen LogP contribution in [0.25, 0.3) is 11.5 Å². The van der Waals surface area contributed by atoms with E-state index >= 15 is 0 Å². The van der Waals surface area contributed by atoms with Crippen LogP contribution in [0, 0.1) is 0 Å². The number of furan rings is 1. The molecule has 1 saturated carbocycles. The minimum atomic E-state index is -0.351. The molecule has 0 radical (unpaired) electrons. The zero-order valence-corrected chi connectivity index (χ0v) is 10.1. The summed E-state index contributed by atoms with van der Waals surface area (Å²) in [7, 11) is 0. The number of nitrogens with zero attached hydrogens (tertiary/aromatic N) is 2. The van der Waals surface area contributed by atoms with Crippen molar-refractivity contribution >= 4 is 5.97 Å². The van der Waals surface area contributed by atoms with Crippen molar-refractivity contribution in [3.05, 3.63) is 30.2 Å². The van der Waals surface area contributed by atoms with Gasteiger partial charge >= 0.3 is 5.97 Å². The predicted molar refractivity (Wildman–Crippen MR) is 64.2 cm³/mol. The second kappa shape index (κ2) is 4.33. The molecule has 3 rings (SSSR count). The summed E-state index contributed by atoms with van der Waals surface area (Å²) < 4.78 is 12.2. The first-order chi connectivity index (χ1) is 8.79. The highest BCUT2D eigenvalue weighted by Gasteiger charge is 2.28. The molecule has 0 N–H and O–H groups in total. The smallest absolute Gasteiger partial charge is 0.342 e. The van der Waals surface area contributed by atoms with Crippen molar-refractivity contribution < 1.29 is 13.9 Å². The van der Waals surface area contributed by atoms with Crippen LogP contribution < -0.4 is 0 Å². The highest BCUT2D eigenvalue weighted by atomic mass is 16.5. The molecule has 0 aliphatic heterocycles. The van der Waals surface area contributed by atoms with E-state index in [-0.39, 0.29) is 5.97 Å². The first-order valence-corrected chi connectivity index (χ1v) is 6.09. The van der Waals surface area contributed by atoms with Crippen molar-refractivity contribution in [1.82, 2.24) is 9.78 Å². The minimum Gasteiger partial charge on any atom is -0.463 e. The second-order valence-electron chi connectivity index (χ2n) is 4.30. The predicted octanol–water partition coefficient (Wildman–Crippen LogP) is 2.65. The SMILES string of the molecule is CCOC(=O)c1cn(C2CC2)nc1-c1ccco1. The monoisotopic (exact) mass is 246 g/mol. The van der Waals surface area contributed by atoms with Gasteiger partial charge in [0, 0.05) is 6.20 Å². The van der Waals surface area contributed by atoms with E-state index in [1.165, 1.54) is 0 Å². The zero-order valence-electron chi connectivity index (χ0n) is 10.1. The molecule has 94 valence electrons. The van der Waals surface area contributed by atoms with E-state index in [0.717, 1.165) is 12.8 Å². The topological polar surface area (TPSA) is 57.3 Å². The molecule has 18 heavy (non-hydrogen) atoms. The fourth-order valence-electron chi connectivity index (χ4n) is 1.87. The lowest BCUT2D eigenvalue weighted by atomic mass is 10.2. The van der Waals surface area contributed by atoms with Gasteiger partial charge in [-0.25, -0.2) is 4.79 Å². The van der Waals surface area contributed by atoms with Gasteiger partial charge in [-0.1, -0.05) is 0 Å². The van der Waals surface area contributed by atoms with Crippen LogP contribution in [0.3, 0.4) is 0 Å². The normalized spacial score (nSPS) is 14.7. The van der Waals surface area contributed by atoms with Crippen LogP contribution in [0.15, 0.2) is 29.0 Å². The molecule has 0 bridgehead atoms. The molecule has 2 heterocycles. The van der Waals surface area contributed by atoms with Crippen LogP contribution in [0.2, 0.25) is 0 Å². The van der Waals surface area contributed by atoms with Gasteiger partial charge in [-0.3, -0.25) is 4.68 Å². The van der Waals surface area contributed by atoms with Gasteiger partial charge in [0.05, 0.1) is 18.9 Å². The molecule has 0 spiro atoms. The fourth-order valence-corrected chi connectivity index (χ4v) is 1.87. The lowest BCUT2D eigenvalue weighted by molar-refractivity contribution is 0.0527. The number of esters is 1. The summed E-state index contributed by atoms with van der Waals surface area (Å²) >= 11 is 0. The van der Waals surface area contributed by atoms with Crippen molar-refractivity contribution in [3.63, 3.8) is 0 Å². The Kier molecular flexibility index (Phi) is 2.66. The Morgan fingerprint density at radius 1 is 1.61 bits per heavy atom. The van der Waals surface area contributed by atoms with Gasteiger partial charge in [0.25, 0.3) is 0 Å². The van der Waals surface area contributed by atoms with E-state index in [1.807, 2.05) is 4.68 Å². The van der Waals surface area contributed by atoms with Gasteiger partial charge in [-0.2, -0.15) is 5.10 Å². The molecule has 2 aromatic heterocycles. The van der Waals surface area contributed by atoms with Crippen LogP contribution in [0.5, 0.6) is 0 Å². The molecule has 0 atom stereocenters. The number of aromatic nitrogens is 2. The molecule has 0 aromatic carbocycles. The van der Waals surface area contributed by atoms with E-state index in [4.69, 9.17) is 9.15 Å². The van der Waals surface area contributed by atoms with Crippen molar-refractivity contribution in [2.24, 2.45) is 0 Å². The zero-order chi connectivity index (χ0) is 12.5.